The van der Waals surface area contributed by atoms with Crippen LogP contribution in [0.25, 0.3) is 0 Å². The Hall–Kier alpha value is -0.570. The van der Waals surface area contributed by atoms with Crippen LogP contribution in [0.15, 0.2) is 18.2 Å². The van der Waals surface area contributed by atoms with Crippen molar-refractivity contribution in [2.45, 2.75) is 12.5 Å². The zero-order chi connectivity index (χ0) is 9.42. The Kier molecular flexibility index (Phi) is 2.28. The summed E-state index contributed by atoms with van der Waals surface area (Å²) in [5, 5.41) is 9.81. The molecule has 13 heavy (non-hydrogen) atoms. The first-order chi connectivity index (χ1) is 6.22. The van der Waals surface area contributed by atoms with E-state index in [0.29, 0.717) is 0 Å². The molecule has 2 rings (SSSR count). The average molecular weight is 198 g/mol. The summed E-state index contributed by atoms with van der Waals surface area (Å²) >= 11 is 5.86. The highest BCUT2D eigenvalue weighted by atomic mass is 35.5. The third kappa shape index (κ3) is 1.46. The predicted octanol–water partition coefficient (Wildman–Crippen LogP) is 1.50. The topological polar surface area (TPSA) is 46.2 Å². The molecule has 0 heterocycles. The highest BCUT2D eigenvalue weighted by molar-refractivity contribution is 6.30. The summed E-state index contributed by atoms with van der Waals surface area (Å²) in [7, 11) is 0. The number of rotatable bonds is 1. The fourth-order valence-electron chi connectivity index (χ4n) is 1.92. The number of aliphatic hydroxyl groups excluding tert-OH is 1. The van der Waals surface area contributed by atoms with Crippen molar-refractivity contribution in [1.82, 2.24) is 0 Å². The molecule has 2 atom stereocenters. The minimum atomic E-state index is -0.0303. The van der Waals surface area contributed by atoms with Crippen LogP contribution in [0.5, 0.6) is 0 Å². The van der Waals surface area contributed by atoms with Gasteiger partial charge in [0.1, 0.15) is 0 Å². The SMILES string of the molecule is NC1c2ccc(Cl)cc2CC1CO. The summed E-state index contributed by atoms with van der Waals surface area (Å²) in [6.07, 6.45) is 0.841. The molecule has 2 nitrogen and oxygen atoms in total. The molecule has 1 aliphatic rings. The van der Waals surface area contributed by atoms with Gasteiger partial charge < -0.3 is 10.8 Å². The Labute approximate surface area is 82.3 Å². The van der Waals surface area contributed by atoms with Crippen molar-refractivity contribution in [2.75, 3.05) is 6.61 Å². The molecular formula is C10H12ClNO. The lowest BCUT2D eigenvalue weighted by atomic mass is 10.0. The summed E-state index contributed by atoms with van der Waals surface area (Å²) in [6, 6.07) is 5.71. The van der Waals surface area contributed by atoms with Crippen molar-refractivity contribution in [3.05, 3.63) is 34.3 Å². The van der Waals surface area contributed by atoms with E-state index in [-0.39, 0.29) is 18.6 Å². The quantitative estimate of drug-likeness (QED) is 0.717. The first kappa shape index (κ1) is 9.00. The summed E-state index contributed by atoms with van der Waals surface area (Å²) in [5.74, 6) is 0.161. The molecule has 0 fully saturated rings. The third-order valence-corrected chi connectivity index (χ3v) is 2.92. The van der Waals surface area contributed by atoms with Crippen LogP contribution in [0.4, 0.5) is 0 Å². The second-order valence-electron chi connectivity index (χ2n) is 3.52. The molecule has 2 unspecified atom stereocenters. The summed E-state index contributed by atoms with van der Waals surface area (Å²) < 4.78 is 0. The van der Waals surface area contributed by atoms with Crippen LogP contribution in [-0.4, -0.2) is 11.7 Å². The Balaban J connectivity index is 2.38. The molecule has 0 spiro atoms. The van der Waals surface area contributed by atoms with Crippen LogP contribution in [0.2, 0.25) is 5.02 Å². The van der Waals surface area contributed by atoms with Crippen LogP contribution < -0.4 is 5.73 Å². The van der Waals surface area contributed by atoms with Gasteiger partial charge in [0.05, 0.1) is 0 Å². The van der Waals surface area contributed by atoms with Gasteiger partial charge in [-0.05, 0) is 29.7 Å². The largest absolute Gasteiger partial charge is 0.396 e. The molecule has 0 radical (unpaired) electrons. The lowest BCUT2D eigenvalue weighted by Gasteiger charge is -2.11. The van der Waals surface area contributed by atoms with E-state index in [1.54, 1.807) is 0 Å². The number of benzene rings is 1. The maximum atomic E-state index is 9.06. The van der Waals surface area contributed by atoms with Crippen molar-refractivity contribution in [2.24, 2.45) is 11.7 Å². The lowest BCUT2D eigenvalue weighted by Crippen LogP contribution is -2.19. The van der Waals surface area contributed by atoms with E-state index in [2.05, 4.69) is 0 Å². The second-order valence-corrected chi connectivity index (χ2v) is 3.95. The molecular weight excluding hydrogens is 186 g/mol. The molecule has 0 saturated carbocycles. The van der Waals surface area contributed by atoms with Crippen LogP contribution in [0, 0.1) is 5.92 Å². The number of aliphatic hydroxyl groups is 1. The van der Waals surface area contributed by atoms with Crippen molar-refractivity contribution in [1.29, 1.82) is 0 Å². The number of halogens is 1. The Bertz CT molecular complexity index is 327. The van der Waals surface area contributed by atoms with E-state index in [0.717, 1.165) is 17.0 Å². The highest BCUT2D eigenvalue weighted by Crippen LogP contribution is 2.35. The van der Waals surface area contributed by atoms with E-state index < -0.39 is 0 Å². The van der Waals surface area contributed by atoms with Gasteiger partial charge in [-0.2, -0.15) is 0 Å². The molecule has 70 valence electrons. The van der Waals surface area contributed by atoms with Crippen LogP contribution in [0.1, 0.15) is 17.2 Å². The van der Waals surface area contributed by atoms with Crippen molar-refractivity contribution >= 4 is 11.6 Å². The minimum Gasteiger partial charge on any atom is -0.396 e. The molecule has 3 N–H and O–H groups in total. The van der Waals surface area contributed by atoms with Gasteiger partial charge in [-0.1, -0.05) is 17.7 Å². The molecule has 0 saturated heterocycles. The molecule has 3 heteroatoms. The Morgan fingerprint density at radius 1 is 1.54 bits per heavy atom. The number of hydrogen-bond acceptors (Lipinski definition) is 2. The Morgan fingerprint density at radius 2 is 2.31 bits per heavy atom. The zero-order valence-corrected chi connectivity index (χ0v) is 7.96. The molecule has 1 aliphatic carbocycles. The van der Waals surface area contributed by atoms with E-state index in [9.17, 15) is 0 Å². The maximum Gasteiger partial charge on any atom is 0.0480 e. The van der Waals surface area contributed by atoms with Crippen LogP contribution in [-0.2, 0) is 6.42 Å². The number of fused-ring (bicyclic) bond motifs is 1. The molecule has 0 bridgehead atoms. The fraction of sp³-hybridized carbons (Fsp3) is 0.400. The summed E-state index contributed by atoms with van der Waals surface area (Å²) in [5.41, 5.74) is 8.26. The van der Waals surface area contributed by atoms with Gasteiger partial charge in [-0.15, -0.1) is 0 Å². The lowest BCUT2D eigenvalue weighted by molar-refractivity contribution is 0.214. The van der Waals surface area contributed by atoms with Crippen molar-refractivity contribution in [3.63, 3.8) is 0 Å². The number of nitrogens with two attached hydrogens (primary N) is 1. The maximum absolute atomic E-state index is 9.06. The van der Waals surface area contributed by atoms with E-state index in [4.69, 9.17) is 22.4 Å². The van der Waals surface area contributed by atoms with Gasteiger partial charge in [-0.25, -0.2) is 0 Å². The van der Waals surface area contributed by atoms with Gasteiger partial charge in [0, 0.05) is 23.6 Å². The standard InChI is InChI=1S/C10H12ClNO/c11-8-1-2-9-6(4-8)3-7(5-13)10(9)12/h1-2,4,7,10,13H,3,5,12H2. The monoisotopic (exact) mass is 197 g/mol. The normalized spacial score (nSPS) is 26.1. The smallest absolute Gasteiger partial charge is 0.0480 e. The van der Waals surface area contributed by atoms with E-state index in [1.807, 2.05) is 18.2 Å². The minimum absolute atomic E-state index is 0.0303. The van der Waals surface area contributed by atoms with Crippen LogP contribution >= 0.6 is 11.6 Å². The highest BCUT2D eigenvalue weighted by Gasteiger charge is 2.28. The number of hydrogen-bond donors (Lipinski definition) is 2. The van der Waals surface area contributed by atoms with Gasteiger partial charge in [0.15, 0.2) is 0 Å². The van der Waals surface area contributed by atoms with Gasteiger partial charge in [0.2, 0.25) is 0 Å². The predicted molar refractivity (Wildman–Crippen MR) is 52.7 cm³/mol. The third-order valence-electron chi connectivity index (χ3n) is 2.69. The molecule has 0 aliphatic heterocycles. The average Bonchev–Trinajstić information content (AvgIpc) is 2.42. The molecule has 1 aromatic carbocycles. The van der Waals surface area contributed by atoms with Crippen LogP contribution in [0.3, 0.4) is 0 Å². The zero-order valence-electron chi connectivity index (χ0n) is 7.20. The van der Waals surface area contributed by atoms with Crippen molar-refractivity contribution in [3.8, 4) is 0 Å². The first-order valence-electron chi connectivity index (χ1n) is 4.37. The van der Waals surface area contributed by atoms with Crippen molar-refractivity contribution < 1.29 is 5.11 Å². The van der Waals surface area contributed by atoms with E-state index >= 15 is 0 Å². The fourth-order valence-corrected chi connectivity index (χ4v) is 2.11. The first-order valence-corrected chi connectivity index (χ1v) is 4.75. The van der Waals surface area contributed by atoms with Gasteiger partial charge in [-0.3, -0.25) is 0 Å². The van der Waals surface area contributed by atoms with Gasteiger partial charge >= 0.3 is 0 Å². The summed E-state index contributed by atoms with van der Waals surface area (Å²) in [4.78, 5) is 0. The summed E-state index contributed by atoms with van der Waals surface area (Å²) in [6.45, 7) is 0.146. The molecule has 0 amide bonds. The molecule has 1 aromatic rings. The van der Waals surface area contributed by atoms with E-state index in [1.165, 1.54) is 5.56 Å². The Morgan fingerprint density at radius 3 is 3.00 bits per heavy atom. The second kappa shape index (κ2) is 3.29. The van der Waals surface area contributed by atoms with Gasteiger partial charge in [0.25, 0.3) is 0 Å². The molecule has 0 aromatic heterocycles.